The highest BCUT2D eigenvalue weighted by Gasteiger charge is 2.34. The van der Waals surface area contributed by atoms with Crippen molar-refractivity contribution in [3.05, 3.63) is 0 Å². The lowest BCUT2D eigenvalue weighted by Crippen LogP contribution is -2.53. The van der Waals surface area contributed by atoms with Crippen LogP contribution in [0, 0.1) is 0 Å². The first-order valence-electron chi connectivity index (χ1n) is 7.56. The third-order valence-corrected chi connectivity index (χ3v) is 4.15. The van der Waals surface area contributed by atoms with E-state index < -0.39 is 5.60 Å². The van der Waals surface area contributed by atoms with Crippen molar-refractivity contribution in [2.45, 2.75) is 64.3 Å². The molecule has 0 unspecified atom stereocenters. The normalized spacial score (nSPS) is 28.4. The van der Waals surface area contributed by atoms with Gasteiger partial charge in [0.2, 0.25) is 5.91 Å². The number of nitrogens with zero attached hydrogens (tertiary/aromatic N) is 2. The number of hydrogen-bond acceptors (Lipinski definition) is 4. The van der Waals surface area contributed by atoms with Crippen LogP contribution in [0.2, 0.25) is 0 Å². The van der Waals surface area contributed by atoms with E-state index in [1.165, 1.54) is 0 Å². The standard InChI is InChI=1S/C15H31N3O2/c1-11-7-8-12(2)18(11)13(3)14(19)16-9-15(4,20)10-17(5)6/h11-13,20H,7-10H2,1-6H3,(H,16,19)/t11-,12+,13-,15+/m1/s1. The highest BCUT2D eigenvalue weighted by atomic mass is 16.3. The van der Waals surface area contributed by atoms with E-state index in [9.17, 15) is 9.90 Å². The van der Waals surface area contributed by atoms with Crippen molar-refractivity contribution >= 4 is 5.91 Å². The van der Waals surface area contributed by atoms with E-state index >= 15 is 0 Å². The average Bonchev–Trinajstić information content (AvgIpc) is 2.63. The summed E-state index contributed by atoms with van der Waals surface area (Å²) in [7, 11) is 3.82. The summed E-state index contributed by atoms with van der Waals surface area (Å²) in [5, 5.41) is 13.1. The van der Waals surface area contributed by atoms with Crippen molar-refractivity contribution in [1.82, 2.24) is 15.1 Å². The molecule has 1 saturated heterocycles. The molecular formula is C15H31N3O2. The largest absolute Gasteiger partial charge is 0.387 e. The number of likely N-dealkylation sites (N-methyl/N-ethyl adjacent to an activating group) is 1. The molecule has 1 aliphatic heterocycles. The van der Waals surface area contributed by atoms with Crippen LogP contribution in [-0.4, -0.2) is 71.7 Å². The second-order valence-corrected chi connectivity index (χ2v) is 6.85. The first-order chi connectivity index (χ1) is 9.14. The molecule has 0 bridgehead atoms. The van der Waals surface area contributed by atoms with E-state index in [0.717, 1.165) is 12.8 Å². The second kappa shape index (κ2) is 6.87. The molecule has 1 aliphatic rings. The smallest absolute Gasteiger partial charge is 0.237 e. The van der Waals surface area contributed by atoms with Gasteiger partial charge >= 0.3 is 0 Å². The predicted molar refractivity (Wildman–Crippen MR) is 81.6 cm³/mol. The molecule has 20 heavy (non-hydrogen) atoms. The monoisotopic (exact) mass is 285 g/mol. The Hall–Kier alpha value is -0.650. The molecule has 118 valence electrons. The summed E-state index contributed by atoms with van der Waals surface area (Å²) in [5.41, 5.74) is -0.902. The minimum Gasteiger partial charge on any atom is -0.387 e. The molecule has 2 N–H and O–H groups in total. The third-order valence-electron chi connectivity index (χ3n) is 4.15. The van der Waals surface area contributed by atoms with Crippen LogP contribution < -0.4 is 5.32 Å². The fraction of sp³-hybridized carbons (Fsp3) is 0.933. The zero-order chi connectivity index (χ0) is 15.5. The topological polar surface area (TPSA) is 55.8 Å². The summed E-state index contributed by atoms with van der Waals surface area (Å²) in [4.78, 5) is 16.5. The van der Waals surface area contributed by atoms with Gasteiger partial charge in [-0.2, -0.15) is 0 Å². The summed E-state index contributed by atoms with van der Waals surface area (Å²) >= 11 is 0. The Morgan fingerprint density at radius 1 is 1.40 bits per heavy atom. The molecule has 5 nitrogen and oxygen atoms in total. The molecule has 0 radical (unpaired) electrons. The maximum absolute atomic E-state index is 12.3. The molecule has 0 spiro atoms. The first-order valence-corrected chi connectivity index (χ1v) is 7.56. The van der Waals surface area contributed by atoms with Crippen LogP contribution >= 0.6 is 0 Å². The van der Waals surface area contributed by atoms with Crippen LogP contribution in [0.5, 0.6) is 0 Å². The SMILES string of the molecule is C[C@@H]1CC[C@H](C)N1[C@H](C)C(=O)NC[C@](C)(O)CN(C)C. The van der Waals surface area contributed by atoms with Crippen LogP contribution in [0.1, 0.15) is 40.5 Å². The molecule has 4 atom stereocenters. The lowest BCUT2D eigenvalue weighted by Gasteiger charge is -2.33. The van der Waals surface area contributed by atoms with Crippen molar-refractivity contribution in [1.29, 1.82) is 0 Å². The summed E-state index contributed by atoms with van der Waals surface area (Å²) < 4.78 is 0. The van der Waals surface area contributed by atoms with E-state index in [2.05, 4.69) is 24.1 Å². The van der Waals surface area contributed by atoms with Gasteiger partial charge in [-0.05, 0) is 54.6 Å². The molecule has 0 saturated carbocycles. The van der Waals surface area contributed by atoms with Crippen molar-refractivity contribution in [2.75, 3.05) is 27.2 Å². The van der Waals surface area contributed by atoms with Gasteiger partial charge in [0.25, 0.3) is 0 Å². The van der Waals surface area contributed by atoms with Gasteiger partial charge < -0.3 is 15.3 Å². The summed E-state index contributed by atoms with van der Waals surface area (Å²) in [6.45, 7) is 8.86. The molecule has 5 heteroatoms. The van der Waals surface area contributed by atoms with Crippen LogP contribution in [-0.2, 0) is 4.79 Å². The van der Waals surface area contributed by atoms with E-state index in [4.69, 9.17) is 0 Å². The van der Waals surface area contributed by atoms with Gasteiger partial charge in [-0.25, -0.2) is 0 Å². The number of likely N-dealkylation sites (tertiary alicyclic amines) is 1. The molecule has 0 aliphatic carbocycles. The lowest BCUT2D eigenvalue weighted by atomic mass is 10.1. The number of hydrogen-bond donors (Lipinski definition) is 2. The second-order valence-electron chi connectivity index (χ2n) is 6.85. The number of nitrogens with one attached hydrogen (secondary N) is 1. The maximum Gasteiger partial charge on any atom is 0.237 e. The number of aliphatic hydroxyl groups is 1. The molecular weight excluding hydrogens is 254 g/mol. The van der Waals surface area contributed by atoms with Crippen molar-refractivity contribution in [3.8, 4) is 0 Å². The summed E-state index contributed by atoms with van der Waals surface area (Å²) in [6, 6.07) is 0.763. The Morgan fingerprint density at radius 2 is 1.90 bits per heavy atom. The van der Waals surface area contributed by atoms with E-state index in [-0.39, 0.29) is 18.5 Å². The number of carbonyl (C=O) groups excluding carboxylic acids is 1. The minimum absolute atomic E-state index is 0.00429. The number of rotatable bonds is 6. The Kier molecular flexibility index (Phi) is 5.98. The van der Waals surface area contributed by atoms with Gasteiger partial charge in [-0.15, -0.1) is 0 Å². The molecule has 1 heterocycles. The van der Waals surface area contributed by atoms with Crippen molar-refractivity contribution in [3.63, 3.8) is 0 Å². The predicted octanol–water partition coefficient (Wildman–Crippen LogP) is 0.677. The van der Waals surface area contributed by atoms with Gasteiger partial charge in [0.05, 0.1) is 11.6 Å². The van der Waals surface area contributed by atoms with Gasteiger partial charge in [0, 0.05) is 25.2 Å². The molecule has 1 fully saturated rings. The van der Waals surface area contributed by atoms with Gasteiger partial charge in [0.15, 0.2) is 0 Å². The Bertz CT molecular complexity index is 321. The van der Waals surface area contributed by atoms with Gasteiger partial charge in [-0.1, -0.05) is 0 Å². The molecule has 0 aromatic heterocycles. The lowest BCUT2D eigenvalue weighted by molar-refractivity contribution is -0.128. The van der Waals surface area contributed by atoms with Crippen LogP contribution in [0.3, 0.4) is 0 Å². The van der Waals surface area contributed by atoms with Crippen LogP contribution in [0.25, 0.3) is 0 Å². The van der Waals surface area contributed by atoms with Gasteiger partial charge in [0.1, 0.15) is 0 Å². The molecule has 1 amide bonds. The van der Waals surface area contributed by atoms with Crippen molar-refractivity contribution < 1.29 is 9.90 Å². The fourth-order valence-electron chi connectivity index (χ4n) is 3.28. The Labute approximate surface area is 123 Å². The average molecular weight is 285 g/mol. The minimum atomic E-state index is -0.902. The molecule has 0 aromatic rings. The van der Waals surface area contributed by atoms with Gasteiger partial charge in [-0.3, -0.25) is 9.69 Å². The molecule has 1 rings (SSSR count). The summed E-state index contributed by atoms with van der Waals surface area (Å²) in [6.07, 6.45) is 2.30. The third kappa shape index (κ3) is 4.72. The highest BCUT2D eigenvalue weighted by molar-refractivity contribution is 5.81. The Balaban J connectivity index is 2.50. The van der Waals surface area contributed by atoms with E-state index in [0.29, 0.717) is 18.6 Å². The summed E-state index contributed by atoms with van der Waals surface area (Å²) in [5.74, 6) is 0.00429. The highest BCUT2D eigenvalue weighted by Crippen LogP contribution is 2.25. The zero-order valence-corrected chi connectivity index (χ0v) is 13.8. The fourth-order valence-corrected chi connectivity index (χ4v) is 3.28. The number of amides is 1. The zero-order valence-electron chi connectivity index (χ0n) is 13.8. The van der Waals surface area contributed by atoms with E-state index in [1.54, 1.807) is 6.92 Å². The molecule has 0 aromatic carbocycles. The van der Waals surface area contributed by atoms with Crippen LogP contribution in [0.4, 0.5) is 0 Å². The van der Waals surface area contributed by atoms with Crippen LogP contribution in [0.15, 0.2) is 0 Å². The van der Waals surface area contributed by atoms with Crippen molar-refractivity contribution in [2.24, 2.45) is 0 Å². The Morgan fingerprint density at radius 3 is 2.35 bits per heavy atom. The maximum atomic E-state index is 12.3. The number of carbonyl (C=O) groups is 1. The van der Waals surface area contributed by atoms with E-state index in [1.807, 2.05) is 25.9 Å². The first kappa shape index (κ1) is 17.4. The quantitative estimate of drug-likeness (QED) is 0.753.